The fourth-order valence-electron chi connectivity index (χ4n) is 7.57. The molecule has 3 aromatic rings. The van der Waals surface area contributed by atoms with Gasteiger partial charge in [-0.3, -0.25) is 0 Å². The number of nitrogens with zero attached hydrogens (tertiary/aromatic N) is 6. The zero-order valence-electron chi connectivity index (χ0n) is 30.4. The monoisotopic (exact) mass is 735 g/mol. The molecular formula is C44H42ClN7S. The molecule has 3 aromatic heterocycles. The van der Waals surface area contributed by atoms with E-state index < -0.39 is 0 Å². The Morgan fingerprint density at radius 3 is 1.55 bits per heavy atom. The van der Waals surface area contributed by atoms with E-state index in [0.29, 0.717) is 0 Å². The molecule has 7 nitrogen and oxygen atoms in total. The largest absolute Gasteiger partial charge is 0.377 e. The van der Waals surface area contributed by atoms with Crippen LogP contribution >= 0.6 is 23.7 Å². The predicted molar refractivity (Wildman–Crippen MR) is 229 cm³/mol. The van der Waals surface area contributed by atoms with Crippen molar-refractivity contribution in [2.45, 2.75) is 0 Å². The zero-order valence-corrected chi connectivity index (χ0v) is 32.0. The highest BCUT2D eigenvalue weighted by Gasteiger charge is 2.22. The highest BCUT2D eigenvalue weighted by Crippen LogP contribution is 2.39. The molecule has 6 aliphatic rings. The van der Waals surface area contributed by atoms with Crippen molar-refractivity contribution in [3.05, 3.63) is 143 Å². The summed E-state index contributed by atoms with van der Waals surface area (Å²) in [5.41, 5.74) is 15.3. The summed E-state index contributed by atoms with van der Waals surface area (Å²) in [5.74, 6) is 0. The maximum absolute atomic E-state index is 5.48. The topological polar surface area (TPSA) is 54.5 Å². The Kier molecular flexibility index (Phi) is 9.18. The Hall–Kier alpha value is -5.57. The van der Waals surface area contributed by atoms with Gasteiger partial charge in [0.15, 0.2) is 0 Å². The van der Waals surface area contributed by atoms with E-state index in [-0.39, 0.29) is 12.4 Å². The molecule has 9 rings (SSSR count). The maximum Gasteiger partial charge on any atom is 0.0737 e. The summed E-state index contributed by atoms with van der Waals surface area (Å²) < 4.78 is 2.38. The average molecular weight is 736 g/mol. The number of hydrogen-bond donors (Lipinski definition) is 1. The minimum atomic E-state index is 0. The first-order valence-electron chi connectivity index (χ1n) is 17.8. The molecule has 0 fully saturated rings. The van der Waals surface area contributed by atoms with Crippen LogP contribution in [0, 0.1) is 0 Å². The molecule has 0 saturated heterocycles. The second kappa shape index (κ2) is 14.1. The number of rotatable bonds is 4. The van der Waals surface area contributed by atoms with Gasteiger partial charge in [-0.05, 0) is 120 Å². The molecule has 0 saturated carbocycles. The SMILES string of the molecule is CN1C=CC(c2c3nc(c(C4=CCN(C)C=C4)c4ccc(s4)c(C4=CC=CN(C)C4)c4nc(c(C5=CC=CN(C)C5)c5ccc2[nH]5)C=C4)C=C3)=CC1.Cl. The number of aromatic nitrogens is 3. The molecule has 9 heterocycles. The first-order chi connectivity index (χ1) is 25.4. The maximum atomic E-state index is 5.48. The van der Waals surface area contributed by atoms with Gasteiger partial charge >= 0.3 is 0 Å². The van der Waals surface area contributed by atoms with Crippen LogP contribution in [0.15, 0.2) is 97.7 Å². The number of thiophene rings is 1. The number of H-pyrrole nitrogens is 1. The highest BCUT2D eigenvalue weighted by atomic mass is 35.5. The van der Waals surface area contributed by atoms with Crippen LogP contribution < -0.4 is 0 Å². The molecule has 266 valence electrons. The summed E-state index contributed by atoms with van der Waals surface area (Å²) in [4.78, 5) is 23.7. The van der Waals surface area contributed by atoms with E-state index in [1.807, 2.05) is 11.3 Å². The van der Waals surface area contributed by atoms with Crippen LogP contribution in [0.3, 0.4) is 0 Å². The van der Waals surface area contributed by atoms with Gasteiger partial charge in [0.05, 0.1) is 22.8 Å². The molecule has 0 unspecified atom stereocenters. The van der Waals surface area contributed by atoms with Gasteiger partial charge in [0.1, 0.15) is 0 Å². The van der Waals surface area contributed by atoms with Crippen molar-refractivity contribution in [3.8, 4) is 0 Å². The molecule has 0 aromatic carbocycles. The van der Waals surface area contributed by atoms with Crippen LogP contribution in [0.2, 0.25) is 0 Å². The number of allylic oxidation sites excluding steroid dienone is 8. The molecule has 9 heteroatoms. The lowest BCUT2D eigenvalue weighted by atomic mass is 10.0. The number of nitrogens with one attached hydrogen (secondary N) is 1. The van der Waals surface area contributed by atoms with E-state index in [9.17, 15) is 0 Å². The van der Waals surface area contributed by atoms with Crippen molar-refractivity contribution in [1.29, 1.82) is 0 Å². The van der Waals surface area contributed by atoms with Gasteiger partial charge in [-0.2, -0.15) is 0 Å². The molecule has 0 atom stereocenters. The second-order valence-electron chi connectivity index (χ2n) is 14.1. The molecule has 8 bridgehead atoms. The quantitative estimate of drug-likeness (QED) is 0.199. The fraction of sp³-hybridized carbons (Fsp3) is 0.182. The van der Waals surface area contributed by atoms with Crippen LogP contribution in [0.5, 0.6) is 0 Å². The standard InChI is InChI=1S/C44H41N7S.ClH/c1-48-23-17-29(18-24-48)41-33-9-10-35(45-33)42(31-7-5-21-50(3)27-31)36-12-14-38(47-36)44(32-8-6-22-51(4)28-32)40-16-15-39(52-40)43(37-13-11-34(41)46-37)30-19-25-49(2)26-20-30;/h5-23,25,45H,24,26-28H2,1-4H3;1H. The summed E-state index contributed by atoms with van der Waals surface area (Å²) in [5, 5.41) is 0. The fourth-order valence-corrected chi connectivity index (χ4v) is 8.74. The predicted octanol–water partition coefficient (Wildman–Crippen LogP) is 9.18. The van der Waals surface area contributed by atoms with E-state index in [1.165, 1.54) is 31.7 Å². The lowest BCUT2D eigenvalue weighted by Crippen LogP contribution is -2.16. The van der Waals surface area contributed by atoms with Crippen molar-refractivity contribution in [2.24, 2.45) is 0 Å². The Morgan fingerprint density at radius 1 is 0.528 bits per heavy atom. The lowest BCUT2D eigenvalue weighted by Gasteiger charge is -2.21. The molecule has 0 aliphatic carbocycles. The van der Waals surface area contributed by atoms with Crippen molar-refractivity contribution < 1.29 is 0 Å². The molecule has 1 N–H and O–H groups in total. The van der Waals surface area contributed by atoms with E-state index >= 15 is 0 Å². The van der Waals surface area contributed by atoms with Crippen molar-refractivity contribution in [2.75, 3.05) is 54.4 Å². The number of likely N-dealkylation sites (N-methyl/N-ethyl adjacent to an activating group) is 4. The van der Waals surface area contributed by atoms with Gasteiger partial charge in [-0.25, -0.2) is 9.97 Å². The van der Waals surface area contributed by atoms with Crippen LogP contribution in [0.1, 0.15) is 45.0 Å². The van der Waals surface area contributed by atoms with E-state index in [0.717, 1.165) is 82.3 Å². The van der Waals surface area contributed by atoms with Crippen molar-refractivity contribution >= 4 is 90.8 Å². The number of halogens is 1. The molecule has 0 amide bonds. The molecule has 0 spiro atoms. The molecule has 6 aliphatic heterocycles. The Bertz CT molecular complexity index is 2330. The summed E-state index contributed by atoms with van der Waals surface area (Å²) in [7, 11) is 8.46. The van der Waals surface area contributed by atoms with E-state index in [1.54, 1.807) is 0 Å². The highest BCUT2D eigenvalue weighted by molar-refractivity contribution is 7.24. The second-order valence-corrected chi connectivity index (χ2v) is 15.2. The smallest absolute Gasteiger partial charge is 0.0737 e. The lowest BCUT2D eigenvalue weighted by molar-refractivity contribution is 0.506. The summed E-state index contributed by atoms with van der Waals surface area (Å²) in [6.45, 7) is 3.28. The normalized spacial score (nSPS) is 17.6. The van der Waals surface area contributed by atoms with Crippen molar-refractivity contribution in [1.82, 2.24) is 34.6 Å². The molecule has 0 radical (unpaired) electrons. The van der Waals surface area contributed by atoms with Gasteiger partial charge in [-0.1, -0.05) is 24.3 Å². The third-order valence-corrected chi connectivity index (χ3v) is 11.3. The Labute approximate surface area is 321 Å². The van der Waals surface area contributed by atoms with E-state index in [4.69, 9.17) is 9.97 Å². The molecule has 53 heavy (non-hydrogen) atoms. The van der Waals surface area contributed by atoms with Crippen LogP contribution in [-0.2, 0) is 0 Å². The number of hydrogen-bond acceptors (Lipinski definition) is 7. The first kappa shape index (κ1) is 34.5. The van der Waals surface area contributed by atoms with Crippen LogP contribution in [0.25, 0.3) is 67.0 Å². The van der Waals surface area contributed by atoms with Gasteiger partial charge in [0.25, 0.3) is 0 Å². The summed E-state index contributed by atoms with van der Waals surface area (Å²) in [6.07, 6.45) is 35.1. The van der Waals surface area contributed by atoms with Gasteiger partial charge in [0, 0.05) is 97.1 Å². The van der Waals surface area contributed by atoms with Crippen LogP contribution in [-0.4, -0.2) is 88.9 Å². The van der Waals surface area contributed by atoms with Gasteiger partial charge in [0.2, 0.25) is 0 Å². The third kappa shape index (κ3) is 6.53. The number of aromatic amines is 1. The Morgan fingerprint density at radius 2 is 1.00 bits per heavy atom. The van der Waals surface area contributed by atoms with Crippen LogP contribution in [0.4, 0.5) is 0 Å². The molecular weight excluding hydrogens is 694 g/mol. The summed E-state index contributed by atoms with van der Waals surface area (Å²) in [6, 6.07) is 8.98. The first-order valence-corrected chi connectivity index (χ1v) is 18.6. The minimum Gasteiger partial charge on any atom is -0.377 e. The zero-order chi connectivity index (χ0) is 35.3. The summed E-state index contributed by atoms with van der Waals surface area (Å²) >= 11 is 1.82. The number of fused-ring (bicyclic) bond motifs is 8. The van der Waals surface area contributed by atoms with E-state index in [2.05, 4.69) is 175 Å². The van der Waals surface area contributed by atoms with Gasteiger partial charge in [-0.15, -0.1) is 23.7 Å². The average Bonchev–Trinajstić information content (AvgIpc) is 3.98. The third-order valence-electron chi connectivity index (χ3n) is 10.2. The van der Waals surface area contributed by atoms with Crippen molar-refractivity contribution in [3.63, 3.8) is 0 Å². The minimum absolute atomic E-state index is 0. The van der Waals surface area contributed by atoms with Gasteiger partial charge < -0.3 is 24.6 Å². The Balaban J connectivity index is 0.00000400.